The first-order chi connectivity index (χ1) is 8.16. The monoisotopic (exact) mass is 288 g/mol. The number of hydrogen-bond acceptors (Lipinski definition) is 2. The number of nitrogens with one attached hydrogen (secondary N) is 1. The lowest BCUT2D eigenvalue weighted by Crippen LogP contribution is -2.77. The van der Waals surface area contributed by atoms with E-state index in [0.717, 1.165) is 0 Å². The zero-order chi connectivity index (χ0) is 15.4. The first-order valence-corrected chi connectivity index (χ1v) is 5.68. The van der Waals surface area contributed by atoms with Gasteiger partial charge in [-0.25, -0.2) is 0 Å². The maximum absolute atomic E-state index is 12.9. The van der Waals surface area contributed by atoms with Crippen LogP contribution >= 0.6 is 0 Å². The summed E-state index contributed by atoms with van der Waals surface area (Å²) in [4.78, 5) is 11.2. The molecule has 0 atom stereocenters. The fourth-order valence-electron chi connectivity index (χ4n) is 2.90. The van der Waals surface area contributed by atoms with E-state index in [1.54, 1.807) is 33.0 Å². The van der Waals surface area contributed by atoms with Crippen LogP contribution in [0, 0.1) is 10.8 Å². The molecule has 112 valence electrons. The van der Waals surface area contributed by atoms with Gasteiger partial charge in [-0.1, -0.05) is 27.7 Å². The van der Waals surface area contributed by atoms with Gasteiger partial charge in [0.05, 0.1) is 0 Å². The molecule has 3 nitrogen and oxygen atoms in total. The molecule has 19 heavy (non-hydrogen) atoms. The van der Waals surface area contributed by atoms with Crippen LogP contribution in [0.25, 0.3) is 0 Å². The van der Waals surface area contributed by atoms with Crippen LogP contribution < -0.4 is 11.1 Å². The summed E-state index contributed by atoms with van der Waals surface area (Å²) in [6.07, 6.45) is -5.91. The summed E-state index contributed by atoms with van der Waals surface area (Å²) < 4.78 is 62.0. The normalized spacial score (nSPS) is 29.6. The van der Waals surface area contributed by atoms with Gasteiger partial charge in [0.2, 0.25) is 0 Å². The summed E-state index contributed by atoms with van der Waals surface area (Å²) in [6, 6.07) is -1.26. The van der Waals surface area contributed by atoms with Gasteiger partial charge in [0, 0.05) is 22.9 Å². The minimum absolute atomic E-state index is 0.412. The summed E-state index contributed by atoms with van der Waals surface area (Å²) in [6.45, 7) is 6.44. The maximum atomic E-state index is 12.9. The molecule has 0 bridgehead atoms. The molecule has 0 aromatic heterocycles. The van der Waals surface area contributed by atoms with Crippen molar-refractivity contribution in [3.63, 3.8) is 0 Å². The summed E-state index contributed by atoms with van der Waals surface area (Å²) in [7, 11) is 0. The van der Waals surface area contributed by atoms with E-state index in [4.69, 9.17) is 5.73 Å². The van der Waals surface area contributed by atoms with E-state index in [9.17, 15) is 26.7 Å². The van der Waals surface area contributed by atoms with Crippen molar-refractivity contribution in [1.82, 2.24) is 5.32 Å². The third-order valence-electron chi connectivity index (χ3n) is 4.01. The smallest absolute Gasteiger partial charge is 0.347 e. The third-order valence-corrected chi connectivity index (χ3v) is 4.01. The van der Waals surface area contributed by atoms with Gasteiger partial charge < -0.3 is 11.1 Å². The van der Waals surface area contributed by atoms with Crippen molar-refractivity contribution in [2.75, 3.05) is 0 Å². The summed E-state index contributed by atoms with van der Waals surface area (Å²) >= 11 is 0. The number of hydrogen-bond donors (Lipinski definition) is 2. The Labute approximate surface area is 107 Å². The van der Waals surface area contributed by atoms with Crippen molar-refractivity contribution < 1.29 is 26.7 Å². The van der Waals surface area contributed by atoms with Crippen LogP contribution in [0.5, 0.6) is 0 Å². The fourth-order valence-corrected chi connectivity index (χ4v) is 2.90. The summed E-state index contributed by atoms with van der Waals surface area (Å²) in [5.41, 5.74) is 4.34. The van der Waals surface area contributed by atoms with Gasteiger partial charge in [-0.3, -0.25) is 4.79 Å². The number of carbonyl (C=O) groups is 1. The molecule has 3 N–H and O–H groups in total. The second-order valence-electron chi connectivity index (χ2n) is 6.10. The van der Waals surface area contributed by atoms with E-state index in [2.05, 4.69) is 0 Å². The molecule has 0 saturated heterocycles. The van der Waals surface area contributed by atoms with Crippen LogP contribution in [-0.4, -0.2) is 30.1 Å². The SMILES string of the molecule is CC1(C)C(N)C(C)(C)C1NC(=O)C(F)(F)C(F)(F)F. The second-order valence-corrected chi connectivity index (χ2v) is 6.10. The number of alkyl halides is 5. The zero-order valence-corrected chi connectivity index (χ0v) is 11.0. The van der Waals surface area contributed by atoms with Crippen LogP contribution in [0.2, 0.25) is 0 Å². The van der Waals surface area contributed by atoms with Gasteiger partial charge in [-0.05, 0) is 0 Å². The molecule has 0 aromatic carbocycles. The molecule has 1 aliphatic carbocycles. The predicted octanol–water partition coefficient (Wildman–Crippen LogP) is 2.06. The molecule has 0 radical (unpaired) electrons. The van der Waals surface area contributed by atoms with E-state index in [0.29, 0.717) is 0 Å². The molecular weight excluding hydrogens is 271 g/mol. The largest absolute Gasteiger partial charge is 0.463 e. The highest BCUT2D eigenvalue weighted by molar-refractivity contribution is 5.85. The number of carbonyl (C=O) groups excluding carboxylic acids is 1. The number of halogens is 5. The van der Waals surface area contributed by atoms with Crippen molar-refractivity contribution in [3.8, 4) is 0 Å². The summed E-state index contributed by atoms with van der Waals surface area (Å²) in [5.74, 6) is -7.74. The highest BCUT2D eigenvalue weighted by Crippen LogP contribution is 2.53. The molecule has 0 heterocycles. The van der Waals surface area contributed by atoms with E-state index in [1.165, 1.54) is 0 Å². The Morgan fingerprint density at radius 2 is 1.42 bits per heavy atom. The van der Waals surface area contributed by atoms with Crippen molar-refractivity contribution in [2.45, 2.75) is 51.9 Å². The molecule has 1 saturated carbocycles. The molecule has 1 aliphatic rings. The van der Waals surface area contributed by atoms with E-state index in [-0.39, 0.29) is 0 Å². The summed E-state index contributed by atoms with van der Waals surface area (Å²) in [5, 5.41) is 1.79. The first-order valence-electron chi connectivity index (χ1n) is 5.68. The van der Waals surface area contributed by atoms with Crippen LogP contribution in [-0.2, 0) is 4.79 Å². The van der Waals surface area contributed by atoms with Crippen LogP contribution in [0.15, 0.2) is 0 Å². The Hall–Kier alpha value is -0.920. The average Bonchev–Trinajstić information content (AvgIpc) is 2.22. The molecule has 0 aliphatic heterocycles. The Morgan fingerprint density at radius 3 is 1.74 bits per heavy atom. The Morgan fingerprint density at radius 1 is 1.05 bits per heavy atom. The van der Waals surface area contributed by atoms with Crippen LogP contribution in [0.1, 0.15) is 27.7 Å². The average molecular weight is 288 g/mol. The minimum Gasteiger partial charge on any atom is -0.347 e. The van der Waals surface area contributed by atoms with Crippen molar-refractivity contribution in [2.24, 2.45) is 16.6 Å². The second kappa shape index (κ2) is 4.04. The molecule has 1 fully saturated rings. The van der Waals surface area contributed by atoms with Crippen LogP contribution in [0.3, 0.4) is 0 Å². The Bertz CT molecular complexity index is 373. The van der Waals surface area contributed by atoms with Gasteiger partial charge in [-0.15, -0.1) is 0 Å². The predicted molar refractivity (Wildman–Crippen MR) is 58.5 cm³/mol. The lowest BCUT2D eigenvalue weighted by molar-refractivity contribution is -0.271. The van der Waals surface area contributed by atoms with E-state index < -0.39 is 40.9 Å². The quantitative estimate of drug-likeness (QED) is 0.764. The van der Waals surface area contributed by atoms with Gasteiger partial charge in [-0.2, -0.15) is 22.0 Å². The fraction of sp³-hybridized carbons (Fsp3) is 0.909. The van der Waals surface area contributed by atoms with Gasteiger partial charge in [0.1, 0.15) is 0 Å². The van der Waals surface area contributed by atoms with E-state index in [1.807, 2.05) is 0 Å². The third kappa shape index (κ3) is 2.19. The first kappa shape index (κ1) is 16.1. The lowest BCUT2D eigenvalue weighted by atomic mass is 9.48. The number of nitrogens with two attached hydrogens (primary N) is 1. The number of rotatable bonds is 2. The van der Waals surface area contributed by atoms with Crippen molar-refractivity contribution >= 4 is 5.91 Å². The Balaban J connectivity index is 2.90. The van der Waals surface area contributed by atoms with Gasteiger partial charge >= 0.3 is 18.0 Å². The van der Waals surface area contributed by atoms with Crippen molar-refractivity contribution in [1.29, 1.82) is 0 Å². The van der Waals surface area contributed by atoms with Crippen molar-refractivity contribution in [3.05, 3.63) is 0 Å². The molecule has 1 rings (SSSR count). The maximum Gasteiger partial charge on any atom is 0.463 e. The molecule has 0 unspecified atom stereocenters. The Kier molecular flexibility index (Phi) is 3.43. The number of amides is 1. The standard InChI is InChI=1S/C11H17F5N2O/c1-8(2)5(17)9(3,4)6(8)18-7(19)10(12,13)11(14,15)16/h5-6H,17H2,1-4H3,(H,18,19). The molecule has 8 heteroatoms. The molecular formula is C11H17F5N2O. The van der Waals surface area contributed by atoms with Gasteiger partial charge in [0.25, 0.3) is 0 Å². The van der Waals surface area contributed by atoms with Crippen LogP contribution in [0.4, 0.5) is 22.0 Å². The molecule has 1 amide bonds. The minimum atomic E-state index is -5.91. The van der Waals surface area contributed by atoms with E-state index >= 15 is 0 Å². The highest BCUT2D eigenvalue weighted by Gasteiger charge is 2.67. The lowest BCUT2D eigenvalue weighted by Gasteiger charge is -2.63. The van der Waals surface area contributed by atoms with Gasteiger partial charge in [0.15, 0.2) is 0 Å². The molecule has 0 aromatic rings. The highest BCUT2D eigenvalue weighted by atomic mass is 19.4. The topological polar surface area (TPSA) is 55.1 Å². The zero-order valence-electron chi connectivity index (χ0n) is 11.0. The molecule has 0 spiro atoms.